The van der Waals surface area contributed by atoms with E-state index in [2.05, 4.69) is 13.8 Å². The molecular formula is C17H32O2. The normalized spacial score (nSPS) is 52.1. The van der Waals surface area contributed by atoms with Gasteiger partial charge in [-0.1, -0.05) is 13.8 Å². The summed E-state index contributed by atoms with van der Waals surface area (Å²) in [6.45, 7) is 8.60. The van der Waals surface area contributed by atoms with E-state index in [1.165, 1.54) is 0 Å². The van der Waals surface area contributed by atoms with Gasteiger partial charge in [0.25, 0.3) is 0 Å². The van der Waals surface area contributed by atoms with Gasteiger partial charge >= 0.3 is 0 Å². The molecule has 2 aliphatic rings. The second-order valence-electron chi connectivity index (χ2n) is 8.10. The minimum absolute atomic E-state index is 0.359. The summed E-state index contributed by atoms with van der Waals surface area (Å²) in [5.41, 5.74) is -1.05. The Balaban J connectivity index is 2.05. The summed E-state index contributed by atoms with van der Waals surface area (Å²) in [5.74, 6) is 2.16. The van der Waals surface area contributed by atoms with Crippen molar-refractivity contribution in [3.05, 3.63) is 0 Å². The van der Waals surface area contributed by atoms with E-state index in [1.807, 2.05) is 13.8 Å². The van der Waals surface area contributed by atoms with Crippen LogP contribution in [0.5, 0.6) is 0 Å². The molecule has 0 aromatic carbocycles. The van der Waals surface area contributed by atoms with Crippen molar-refractivity contribution in [3.63, 3.8) is 0 Å². The molecule has 0 saturated heterocycles. The smallest absolute Gasteiger partial charge is 0.0648 e. The third-order valence-electron chi connectivity index (χ3n) is 5.99. The zero-order chi connectivity index (χ0) is 14.3. The highest BCUT2D eigenvalue weighted by Gasteiger charge is 2.43. The Morgan fingerprint density at radius 2 is 1.21 bits per heavy atom. The van der Waals surface area contributed by atoms with Crippen molar-refractivity contribution < 1.29 is 10.2 Å². The lowest BCUT2D eigenvalue weighted by molar-refractivity contribution is -0.0933. The van der Waals surface area contributed by atoms with Crippen LogP contribution in [-0.2, 0) is 0 Å². The second kappa shape index (κ2) is 5.37. The molecule has 0 aromatic rings. The molecule has 2 saturated carbocycles. The summed E-state index contributed by atoms with van der Waals surface area (Å²) in [6.07, 6.45) is 7.35. The van der Waals surface area contributed by atoms with Crippen LogP contribution in [0.1, 0.15) is 72.6 Å². The zero-order valence-electron chi connectivity index (χ0n) is 13.2. The second-order valence-corrected chi connectivity index (χ2v) is 8.10. The van der Waals surface area contributed by atoms with Gasteiger partial charge < -0.3 is 10.2 Å². The van der Waals surface area contributed by atoms with E-state index in [4.69, 9.17) is 0 Å². The van der Waals surface area contributed by atoms with Gasteiger partial charge in [0.15, 0.2) is 0 Å². The van der Waals surface area contributed by atoms with Crippen LogP contribution >= 0.6 is 0 Å². The predicted molar refractivity (Wildman–Crippen MR) is 78.9 cm³/mol. The van der Waals surface area contributed by atoms with E-state index in [0.717, 1.165) is 56.8 Å². The molecule has 0 bridgehead atoms. The SMILES string of the molecule is CC1CCC(C)(O)C(CC2CC(C)CCC2(C)O)C1. The Bertz CT molecular complexity index is 278. The summed E-state index contributed by atoms with van der Waals surface area (Å²) < 4.78 is 0. The topological polar surface area (TPSA) is 40.5 Å². The van der Waals surface area contributed by atoms with Crippen LogP contribution in [0.3, 0.4) is 0 Å². The molecule has 2 heteroatoms. The molecule has 19 heavy (non-hydrogen) atoms. The van der Waals surface area contributed by atoms with Gasteiger partial charge in [-0.2, -0.15) is 0 Å². The fraction of sp³-hybridized carbons (Fsp3) is 1.00. The van der Waals surface area contributed by atoms with Crippen molar-refractivity contribution in [2.75, 3.05) is 0 Å². The van der Waals surface area contributed by atoms with Gasteiger partial charge in [0.1, 0.15) is 0 Å². The molecule has 0 amide bonds. The quantitative estimate of drug-likeness (QED) is 0.800. The van der Waals surface area contributed by atoms with E-state index >= 15 is 0 Å². The van der Waals surface area contributed by atoms with Crippen molar-refractivity contribution in [1.82, 2.24) is 0 Å². The fourth-order valence-electron chi connectivity index (χ4n) is 4.24. The average Bonchev–Trinajstić information content (AvgIpc) is 2.29. The standard InChI is InChI=1S/C17H32O2/c1-12-5-7-16(3,18)14(9-12)11-15-10-13(2)6-8-17(15,4)19/h12-15,18-19H,5-11H2,1-4H3. The number of hydrogen-bond acceptors (Lipinski definition) is 2. The Hall–Kier alpha value is -0.0800. The van der Waals surface area contributed by atoms with Gasteiger partial charge in [-0.3, -0.25) is 0 Å². The lowest BCUT2D eigenvalue weighted by Gasteiger charge is -2.46. The molecule has 0 spiro atoms. The molecule has 2 rings (SSSR count). The van der Waals surface area contributed by atoms with Gasteiger partial charge in [0.05, 0.1) is 11.2 Å². The molecule has 2 N–H and O–H groups in total. The van der Waals surface area contributed by atoms with Crippen LogP contribution in [0.4, 0.5) is 0 Å². The molecule has 2 nitrogen and oxygen atoms in total. The van der Waals surface area contributed by atoms with Gasteiger partial charge in [-0.05, 0) is 82.5 Å². The van der Waals surface area contributed by atoms with Crippen LogP contribution in [-0.4, -0.2) is 21.4 Å². The summed E-state index contributed by atoms with van der Waals surface area (Å²) in [7, 11) is 0. The molecule has 2 aliphatic carbocycles. The molecule has 2 fully saturated rings. The van der Waals surface area contributed by atoms with E-state index in [1.54, 1.807) is 0 Å². The lowest BCUT2D eigenvalue weighted by atomic mass is 9.63. The van der Waals surface area contributed by atoms with Crippen LogP contribution in [0.2, 0.25) is 0 Å². The molecular weight excluding hydrogens is 236 g/mol. The minimum atomic E-state index is -0.525. The van der Waals surface area contributed by atoms with Crippen LogP contribution in [0, 0.1) is 23.7 Å². The lowest BCUT2D eigenvalue weighted by Crippen LogP contribution is -2.46. The molecule has 0 aromatic heterocycles. The van der Waals surface area contributed by atoms with Gasteiger partial charge in [-0.25, -0.2) is 0 Å². The highest BCUT2D eigenvalue weighted by molar-refractivity contribution is 4.95. The third kappa shape index (κ3) is 3.52. The Morgan fingerprint density at radius 3 is 1.58 bits per heavy atom. The fourth-order valence-corrected chi connectivity index (χ4v) is 4.24. The maximum Gasteiger partial charge on any atom is 0.0648 e. The average molecular weight is 268 g/mol. The van der Waals surface area contributed by atoms with E-state index in [9.17, 15) is 10.2 Å². The predicted octanol–water partition coefficient (Wildman–Crippen LogP) is 3.75. The molecule has 0 heterocycles. The first-order valence-electron chi connectivity index (χ1n) is 8.15. The van der Waals surface area contributed by atoms with Crippen molar-refractivity contribution in [2.24, 2.45) is 23.7 Å². The van der Waals surface area contributed by atoms with Crippen LogP contribution in [0.15, 0.2) is 0 Å². The summed E-state index contributed by atoms with van der Waals surface area (Å²) in [6, 6.07) is 0. The first kappa shape index (κ1) is 15.3. The maximum atomic E-state index is 10.6. The summed E-state index contributed by atoms with van der Waals surface area (Å²) in [4.78, 5) is 0. The molecule has 6 unspecified atom stereocenters. The third-order valence-corrected chi connectivity index (χ3v) is 5.99. The Kier molecular flexibility index (Phi) is 4.32. The first-order valence-corrected chi connectivity index (χ1v) is 8.15. The van der Waals surface area contributed by atoms with Crippen molar-refractivity contribution >= 4 is 0 Å². The van der Waals surface area contributed by atoms with Gasteiger partial charge in [0.2, 0.25) is 0 Å². The molecule has 0 aliphatic heterocycles. The van der Waals surface area contributed by atoms with Crippen molar-refractivity contribution in [1.29, 1.82) is 0 Å². The summed E-state index contributed by atoms with van der Waals surface area (Å²) >= 11 is 0. The largest absolute Gasteiger partial charge is 0.390 e. The first-order chi connectivity index (χ1) is 8.71. The van der Waals surface area contributed by atoms with E-state index in [-0.39, 0.29) is 0 Å². The number of hydrogen-bond donors (Lipinski definition) is 2. The highest BCUT2D eigenvalue weighted by atomic mass is 16.3. The Labute approximate surface area is 118 Å². The molecule has 112 valence electrons. The van der Waals surface area contributed by atoms with Gasteiger partial charge in [-0.15, -0.1) is 0 Å². The van der Waals surface area contributed by atoms with E-state index < -0.39 is 11.2 Å². The molecule has 6 atom stereocenters. The zero-order valence-corrected chi connectivity index (χ0v) is 13.2. The van der Waals surface area contributed by atoms with Crippen LogP contribution in [0.25, 0.3) is 0 Å². The molecule has 0 radical (unpaired) electrons. The summed E-state index contributed by atoms with van der Waals surface area (Å²) in [5, 5.41) is 21.3. The van der Waals surface area contributed by atoms with Gasteiger partial charge in [0, 0.05) is 0 Å². The highest BCUT2D eigenvalue weighted by Crippen LogP contribution is 2.46. The minimum Gasteiger partial charge on any atom is -0.390 e. The van der Waals surface area contributed by atoms with Crippen molar-refractivity contribution in [3.8, 4) is 0 Å². The number of aliphatic hydroxyl groups is 2. The Morgan fingerprint density at radius 1 is 0.842 bits per heavy atom. The maximum absolute atomic E-state index is 10.6. The van der Waals surface area contributed by atoms with Crippen molar-refractivity contribution in [2.45, 2.75) is 83.8 Å². The van der Waals surface area contributed by atoms with Crippen LogP contribution < -0.4 is 0 Å². The number of rotatable bonds is 2. The monoisotopic (exact) mass is 268 g/mol. The van der Waals surface area contributed by atoms with E-state index in [0.29, 0.717) is 11.8 Å².